The largest absolute Gasteiger partial charge is 0.478 e. The molecule has 0 bridgehead atoms. The third-order valence-corrected chi connectivity index (χ3v) is 2.30. The van der Waals surface area contributed by atoms with E-state index in [2.05, 4.69) is 10.0 Å². The van der Waals surface area contributed by atoms with Crippen molar-refractivity contribution in [3.8, 4) is 0 Å². The van der Waals surface area contributed by atoms with Crippen LogP contribution >= 0.6 is 0 Å². The van der Waals surface area contributed by atoms with E-state index in [4.69, 9.17) is 15.7 Å². The van der Waals surface area contributed by atoms with Gasteiger partial charge in [0.1, 0.15) is 0 Å². The molecule has 0 fully saturated rings. The molecule has 17 heavy (non-hydrogen) atoms. The summed E-state index contributed by atoms with van der Waals surface area (Å²) in [5.74, 6) is -2.44. The molecule has 0 amide bonds. The molecule has 2 N–H and O–H groups in total. The van der Waals surface area contributed by atoms with Crippen molar-refractivity contribution in [1.82, 2.24) is 0 Å². The predicted molar refractivity (Wildman–Crippen MR) is 57.9 cm³/mol. The fraction of sp³-hybridized carbons (Fsp3) is 0.200. The minimum atomic E-state index is -1.24. The van der Waals surface area contributed by atoms with E-state index in [-0.39, 0.29) is 28.8 Å². The molecule has 88 valence electrons. The molecule has 0 saturated heterocycles. The molecule has 1 rings (SSSR count). The number of rotatable bonds is 4. The molecule has 1 aromatic carbocycles. The maximum atomic E-state index is 11.1. The summed E-state index contributed by atoms with van der Waals surface area (Å²) in [5, 5.41) is 21.2. The van der Waals surface area contributed by atoms with Crippen LogP contribution in [0.25, 0.3) is 10.4 Å². The number of aromatic carboxylic acids is 2. The fourth-order valence-electron chi connectivity index (χ4n) is 1.54. The molecule has 0 spiro atoms. The minimum absolute atomic E-state index is 0.0768. The lowest BCUT2D eigenvalue weighted by atomic mass is 9.97. The SMILES string of the molecule is Cc1c(C(=O)O)ccc(CN=[N+]=[N-])c1C(=O)O. The quantitative estimate of drug-likeness (QED) is 0.471. The van der Waals surface area contributed by atoms with Crippen LogP contribution in [0, 0.1) is 6.92 Å². The average Bonchev–Trinajstić information content (AvgIpc) is 2.25. The second kappa shape index (κ2) is 5.00. The minimum Gasteiger partial charge on any atom is -0.478 e. The second-order valence-electron chi connectivity index (χ2n) is 3.27. The maximum Gasteiger partial charge on any atom is 0.336 e. The van der Waals surface area contributed by atoms with Gasteiger partial charge in [0.25, 0.3) is 0 Å². The Morgan fingerprint density at radius 3 is 2.47 bits per heavy atom. The van der Waals surface area contributed by atoms with E-state index < -0.39 is 11.9 Å². The monoisotopic (exact) mass is 235 g/mol. The summed E-state index contributed by atoms with van der Waals surface area (Å²) in [7, 11) is 0. The average molecular weight is 235 g/mol. The molecule has 0 aliphatic rings. The number of carboxylic acids is 2. The maximum absolute atomic E-state index is 11.1. The summed E-state index contributed by atoms with van der Waals surface area (Å²) in [6, 6.07) is 2.64. The van der Waals surface area contributed by atoms with Gasteiger partial charge in [-0.1, -0.05) is 11.2 Å². The van der Waals surface area contributed by atoms with Crippen molar-refractivity contribution in [3.05, 3.63) is 44.8 Å². The van der Waals surface area contributed by atoms with Gasteiger partial charge in [-0.2, -0.15) is 0 Å². The van der Waals surface area contributed by atoms with Gasteiger partial charge >= 0.3 is 11.9 Å². The van der Waals surface area contributed by atoms with E-state index in [9.17, 15) is 9.59 Å². The molecule has 7 heteroatoms. The molecular weight excluding hydrogens is 226 g/mol. The van der Waals surface area contributed by atoms with E-state index in [1.807, 2.05) is 0 Å². The predicted octanol–water partition coefficient (Wildman–Crippen LogP) is 2.20. The molecule has 0 atom stereocenters. The van der Waals surface area contributed by atoms with E-state index in [0.717, 1.165) is 0 Å². The molecule has 0 radical (unpaired) electrons. The van der Waals surface area contributed by atoms with Crippen molar-refractivity contribution in [2.75, 3.05) is 0 Å². The molecule has 0 aliphatic heterocycles. The molecule has 1 aromatic rings. The zero-order valence-corrected chi connectivity index (χ0v) is 8.91. The topological polar surface area (TPSA) is 123 Å². The van der Waals surface area contributed by atoms with Crippen molar-refractivity contribution in [3.63, 3.8) is 0 Å². The highest BCUT2D eigenvalue weighted by Gasteiger charge is 2.18. The lowest BCUT2D eigenvalue weighted by Gasteiger charge is -2.09. The number of carbonyl (C=O) groups is 2. The van der Waals surface area contributed by atoms with Crippen molar-refractivity contribution >= 4 is 11.9 Å². The van der Waals surface area contributed by atoms with Gasteiger partial charge in [0, 0.05) is 4.91 Å². The summed E-state index contributed by atoms with van der Waals surface area (Å²) in [6.07, 6.45) is 0. The number of hydrogen-bond donors (Lipinski definition) is 2. The first kappa shape index (κ1) is 12.5. The van der Waals surface area contributed by atoms with Crippen LogP contribution < -0.4 is 0 Å². The molecule has 0 aromatic heterocycles. The Morgan fingerprint density at radius 1 is 1.35 bits per heavy atom. The van der Waals surface area contributed by atoms with Crippen LogP contribution in [-0.4, -0.2) is 22.2 Å². The normalized spacial score (nSPS) is 9.47. The van der Waals surface area contributed by atoms with Gasteiger partial charge in [-0.05, 0) is 29.6 Å². The standard InChI is InChI=1S/C10H9N3O4/c1-5-7(9(14)15)3-2-6(4-12-13-11)8(5)10(16)17/h2-3H,4H2,1H3,(H,14,15)(H,16,17). The van der Waals surface area contributed by atoms with Gasteiger partial charge in [0.15, 0.2) is 0 Å². The van der Waals surface area contributed by atoms with E-state index in [1.165, 1.54) is 19.1 Å². The molecule has 7 nitrogen and oxygen atoms in total. The Kier molecular flexibility index (Phi) is 3.69. The number of benzene rings is 1. The second-order valence-corrected chi connectivity index (χ2v) is 3.27. The van der Waals surface area contributed by atoms with Gasteiger partial charge in [0.2, 0.25) is 0 Å². The van der Waals surface area contributed by atoms with Crippen LogP contribution in [0.4, 0.5) is 0 Å². The third-order valence-electron chi connectivity index (χ3n) is 2.30. The van der Waals surface area contributed by atoms with Crippen LogP contribution in [0.5, 0.6) is 0 Å². The Labute approximate surface area is 95.9 Å². The van der Waals surface area contributed by atoms with Crippen LogP contribution in [0.2, 0.25) is 0 Å². The zero-order valence-electron chi connectivity index (χ0n) is 8.91. The van der Waals surface area contributed by atoms with Gasteiger partial charge in [-0.15, -0.1) is 0 Å². The number of hydrogen-bond acceptors (Lipinski definition) is 3. The van der Waals surface area contributed by atoms with Crippen LogP contribution in [0.3, 0.4) is 0 Å². The highest BCUT2D eigenvalue weighted by molar-refractivity contribution is 5.97. The fourth-order valence-corrected chi connectivity index (χ4v) is 1.54. The van der Waals surface area contributed by atoms with E-state index >= 15 is 0 Å². The first-order valence-electron chi connectivity index (χ1n) is 4.59. The highest BCUT2D eigenvalue weighted by Crippen LogP contribution is 2.20. The molecule has 0 unspecified atom stereocenters. The van der Waals surface area contributed by atoms with Gasteiger partial charge < -0.3 is 10.2 Å². The molecular formula is C10H9N3O4. The van der Waals surface area contributed by atoms with Crippen LogP contribution in [-0.2, 0) is 6.54 Å². The number of azide groups is 1. The van der Waals surface area contributed by atoms with Crippen LogP contribution in [0.1, 0.15) is 31.8 Å². The van der Waals surface area contributed by atoms with Gasteiger partial charge in [-0.25, -0.2) is 9.59 Å². The smallest absolute Gasteiger partial charge is 0.336 e. The highest BCUT2D eigenvalue weighted by atomic mass is 16.4. The Hall–Kier alpha value is -2.53. The first-order valence-corrected chi connectivity index (χ1v) is 4.59. The zero-order chi connectivity index (χ0) is 13.0. The molecule has 0 aliphatic carbocycles. The summed E-state index contributed by atoms with van der Waals surface area (Å²) in [6.45, 7) is 1.28. The van der Waals surface area contributed by atoms with Gasteiger partial charge in [-0.3, -0.25) is 0 Å². The third kappa shape index (κ3) is 2.53. The van der Waals surface area contributed by atoms with Crippen molar-refractivity contribution in [2.24, 2.45) is 5.11 Å². The van der Waals surface area contributed by atoms with Crippen LogP contribution in [0.15, 0.2) is 17.2 Å². The Morgan fingerprint density at radius 2 is 2.00 bits per heavy atom. The van der Waals surface area contributed by atoms with Gasteiger partial charge in [0.05, 0.1) is 17.7 Å². The molecule has 0 saturated carbocycles. The first-order chi connectivity index (χ1) is 7.99. The summed E-state index contributed by atoms with van der Waals surface area (Å²) < 4.78 is 0. The number of carboxylic acid groups (broad SMARTS) is 2. The van der Waals surface area contributed by atoms with E-state index in [0.29, 0.717) is 0 Å². The Balaban J connectivity index is 3.44. The van der Waals surface area contributed by atoms with Crippen molar-refractivity contribution in [2.45, 2.75) is 13.5 Å². The summed E-state index contributed by atoms with van der Waals surface area (Å²) >= 11 is 0. The lowest BCUT2D eigenvalue weighted by Crippen LogP contribution is -2.10. The lowest BCUT2D eigenvalue weighted by molar-refractivity contribution is 0.0695. The number of nitrogens with zero attached hydrogens (tertiary/aromatic N) is 3. The Bertz CT molecular complexity index is 533. The van der Waals surface area contributed by atoms with Crippen molar-refractivity contribution in [1.29, 1.82) is 0 Å². The molecule has 0 heterocycles. The summed E-state index contributed by atoms with van der Waals surface area (Å²) in [4.78, 5) is 24.4. The van der Waals surface area contributed by atoms with E-state index in [1.54, 1.807) is 0 Å². The van der Waals surface area contributed by atoms with Crippen molar-refractivity contribution < 1.29 is 19.8 Å². The summed E-state index contributed by atoms with van der Waals surface area (Å²) in [5.41, 5.74) is 8.42.